The van der Waals surface area contributed by atoms with Gasteiger partial charge in [-0.15, -0.1) is 0 Å². The molecular formula is C13H12N2. The van der Waals surface area contributed by atoms with Gasteiger partial charge >= 0.3 is 0 Å². The minimum absolute atomic E-state index is 1.06. The molecule has 0 fully saturated rings. The van der Waals surface area contributed by atoms with Crippen molar-refractivity contribution in [2.75, 3.05) is 0 Å². The number of aryl methyl sites for hydroxylation is 2. The van der Waals surface area contributed by atoms with E-state index in [9.17, 15) is 0 Å². The fourth-order valence-electron chi connectivity index (χ4n) is 2.14. The molecule has 2 nitrogen and oxygen atoms in total. The van der Waals surface area contributed by atoms with E-state index < -0.39 is 0 Å². The Morgan fingerprint density at radius 3 is 2.87 bits per heavy atom. The summed E-state index contributed by atoms with van der Waals surface area (Å²) in [6, 6.07) is 8.47. The number of H-pyrrole nitrogens is 1. The number of nitrogens with zero attached hydrogens (tertiary/aromatic N) is 1. The lowest BCUT2D eigenvalue weighted by Gasteiger charge is -1.96. The second-order valence-corrected chi connectivity index (χ2v) is 3.99. The number of hydrogen-bond acceptors (Lipinski definition) is 1. The third-order valence-corrected chi connectivity index (χ3v) is 2.85. The van der Waals surface area contributed by atoms with Crippen molar-refractivity contribution < 1.29 is 0 Å². The third-order valence-electron chi connectivity index (χ3n) is 2.85. The van der Waals surface area contributed by atoms with Gasteiger partial charge in [0.2, 0.25) is 0 Å². The average Bonchev–Trinajstić information content (AvgIpc) is 2.57. The summed E-state index contributed by atoms with van der Waals surface area (Å²) in [4.78, 5) is 7.68. The topological polar surface area (TPSA) is 28.7 Å². The molecule has 2 heteroatoms. The predicted molar refractivity (Wildman–Crippen MR) is 63.1 cm³/mol. The Morgan fingerprint density at radius 2 is 2.00 bits per heavy atom. The molecule has 3 aromatic rings. The van der Waals surface area contributed by atoms with Gasteiger partial charge in [0.25, 0.3) is 0 Å². The van der Waals surface area contributed by atoms with Gasteiger partial charge in [-0.3, -0.25) is 4.98 Å². The molecule has 0 saturated carbocycles. The maximum Gasteiger partial charge on any atom is 0.0651 e. The molecule has 2 aromatic heterocycles. The Labute approximate surface area is 88.0 Å². The lowest BCUT2D eigenvalue weighted by Crippen LogP contribution is -1.79. The summed E-state index contributed by atoms with van der Waals surface area (Å²) in [5.41, 5.74) is 4.68. The van der Waals surface area contributed by atoms with Gasteiger partial charge in [-0.25, -0.2) is 0 Å². The van der Waals surface area contributed by atoms with Crippen molar-refractivity contribution in [3.63, 3.8) is 0 Å². The van der Waals surface area contributed by atoms with E-state index in [-0.39, 0.29) is 0 Å². The van der Waals surface area contributed by atoms with E-state index >= 15 is 0 Å². The highest BCUT2D eigenvalue weighted by atomic mass is 14.8. The number of aromatic nitrogens is 2. The molecule has 0 aliphatic rings. The van der Waals surface area contributed by atoms with E-state index in [1.54, 1.807) is 0 Å². The van der Waals surface area contributed by atoms with Crippen molar-refractivity contribution >= 4 is 21.8 Å². The molecule has 15 heavy (non-hydrogen) atoms. The van der Waals surface area contributed by atoms with Crippen LogP contribution in [0.2, 0.25) is 0 Å². The van der Waals surface area contributed by atoms with Crippen LogP contribution in [0.4, 0.5) is 0 Å². The zero-order valence-corrected chi connectivity index (χ0v) is 8.83. The highest BCUT2D eigenvalue weighted by molar-refractivity contribution is 6.08. The second-order valence-electron chi connectivity index (χ2n) is 3.99. The lowest BCUT2D eigenvalue weighted by atomic mass is 10.1. The molecule has 2 heterocycles. The molecular weight excluding hydrogens is 184 g/mol. The minimum atomic E-state index is 1.06. The number of benzene rings is 1. The quantitative estimate of drug-likeness (QED) is 0.587. The van der Waals surface area contributed by atoms with Crippen LogP contribution in [-0.2, 0) is 0 Å². The van der Waals surface area contributed by atoms with Crippen LogP contribution in [-0.4, -0.2) is 9.97 Å². The molecule has 0 radical (unpaired) electrons. The Kier molecular flexibility index (Phi) is 1.60. The first kappa shape index (κ1) is 8.48. The molecule has 0 saturated heterocycles. The summed E-state index contributed by atoms with van der Waals surface area (Å²) in [6.07, 6.45) is 1.91. The van der Waals surface area contributed by atoms with E-state index in [0.29, 0.717) is 0 Å². The van der Waals surface area contributed by atoms with E-state index in [1.807, 2.05) is 13.1 Å². The van der Waals surface area contributed by atoms with Crippen LogP contribution in [0.3, 0.4) is 0 Å². The zero-order valence-electron chi connectivity index (χ0n) is 8.83. The SMILES string of the molecule is Cc1cc2c(cn1)[nH]c1cccc(C)c12. The highest BCUT2D eigenvalue weighted by Gasteiger charge is 2.06. The van der Waals surface area contributed by atoms with Crippen LogP contribution in [0.25, 0.3) is 21.8 Å². The van der Waals surface area contributed by atoms with Crippen molar-refractivity contribution in [3.8, 4) is 0 Å². The number of rotatable bonds is 0. The number of nitrogens with one attached hydrogen (secondary N) is 1. The third kappa shape index (κ3) is 1.14. The van der Waals surface area contributed by atoms with E-state index in [0.717, 1.165) is 11.2 Å². The van der Waals surface area contributed by atoms with Crippen LogP contribution in [0.5, 0.6) is 0 Å². The van der Waals surface area contributed by atoms with Gasteiger partial charge < -0.3 is 4.98 Å². The van der Waals surface area contributed by atoms with Crippen LogP contribution >= 0.6 is 0 Å². The summed E-state index contributed by atoms with van der Waals surface area (Å²) >= 11 is 0. The number of fused-ring (bicyclic) bond motifs is 3. The standard InChI is InChI=1S/C13H12N2/c1-8-4-3-5-11-13(8)10-6-9(2)14-7-12(10)15-11/h3-7,15H,1-2H3. The van der Waals surface area contributed by atoms with E-state index in [2.05, 4.69) is 41.2 Å². The first-order valence-corrected chi connectivity index (χ1v) is 5.09. The molecule has 0 unspecified atom stereocenters. The Balaban J connectivity index is 2.61. The second kappa shape index (κ2) is 2.83. The van der Waals surface area contributed by atoms with Crippen molar-refractivity contribution in [2.24, 2.45) is 0 Å². The van der Waals surface area contributed by atoms with Crippen molar-refractivity contribution in [1.29, 1.82) is 0 Å². The van der Waals surface area contributed by atoms with Gasteiger partial charge in [0.15, 0.2) is 0 Å². The summed E-state index contributed by atoms with van der Waals surface area (Å²) in [5, 5.41) is 2.59. The van der Waals surface area contributed by atoms with E-state index in [4.69, 9.17) is 0 Å². The van der Waals surface area contributed by atoms with Gasteiger partial charge in [0.1, 0.15) is 0 Å². The average molecular weight is 196 g/mol. The molecule has 1 N–H and O–H groups in total. The van der Waals surface area contributed by atoms with E-state index in [1.165, 1.54) is 21.9 Å². The molecule has 1 aromatic carbocycles. The molecule has 0 aliphatic heterocycles. The smallest absolute Gasteiger partial charge is 0.0651 e. The van der Waals surface area contributed by atoms with Crippen LogP contribution in [0.15, 0.2) is 30.5 Å². The number of pyridine rings is 1. The maximum atomic E-state index is 4.30. The van der Waals surface area contributed by atoms with Crippen molar-refractivity contribution in [1.82, 2.24) is 9.97 Å². The summed E-state index contributed by atoms with van der Waals surface area (Å²) in [6.45, 7) is 4.17. The highest BCUT2D eigenvalue weighted by Crippen LogP contribution is 2.27. The van der Waals surface area contributed by atoms with Crippen molar-refractivity contribution in [3.05, 3.63) is 41.7 Å². The monoisotopic (exact) mass is 196 g/mol. The predicted octanol–water partition coefficient (Wildman–Crippen LogP) is 3.33. The fourth-order valence-corrected chi connectivity index (χ4v) is 2.14. The first-order valence-electron chi connectivity index (χ1n) is 5.09. The molecule has 0 bridgehead atoms. The normalized spacial score (nSPS) is 11.3. The van der Waals surface area contributed by atoms with Gasteiger partial charge in [-0.05, 0) is 31.5 Å². The van der Waals surface area contributed by atoms with Gasteiger partial charge in [-0.2, -0.15) is 0 Å². The summed E-state index contributed by atoms with van der Waals surface area (Å²) in [5.74, 6) is 0. The summed E-state index contributed by atoms with van der Waals surface area (Å²) < 4.78 is 0. The largest absolute Gasteiger partial charge is 0.353 e. The summed E-state index contributed by atoms with van der Waals surface area (Å²) in [7, 11) is 0. The van der Waals surface area contributed by atoms with Crippen molar-refractivity contribution in [2.45, 2.75) is 13.8 Å². The Hall–Kier alpha value is -1.83. The van der Waals surface area contributed by atoms with Crippen LogP contribution < -0.4 is 0 Å². The number of hydrogen-bond donors (Lipinski definition) is 1. The van der Waals surface area contributed by atoms with Crippen LogP contribution in [0.1, 0.15) is 11.3 Å². The lowest BCUT2D eigenvalue weighted by molar-refractivity contribution is 1.22. The molecule has 0 amide bonds. The Bertz CT molecular complexity index is 650. The Morgan fingerprint density at radius 1 is 1.13 bits per heavy atom. The number of aromatic amines is 1. The molecule has 74 valence electrons. The molecule has 0 atom stereocenters. The van der Waals surface area contributed by atoms with Gasteiger partial charge in [0, 0.05) is 22.0 Å². The first-order chi connectivity index (χ1) is 7.25. The molecule has 0 spiro atoms. The van der Waals surface area contributed by atoms with Gasteiger partial charge in [0.05, 0.1) is 11.7 Å². The maximum absolute atomic E-state index is 4.30. The zero-order chi connectivity index (χ0) is 10.4. The minimum Gasteiger partial charge on any atom is -0.353 e. The molecule has 0 aliphatic carbocycles. The van der Waals surface area contributed by atoms with Crippen LogP contribution in [0, 0.1) is 13.8 Å². The fraction of sp³-hybridized carbons (Fsp3) is 0.154. The molecule has 3 rings (SSSR count). The van der Waals surface area contributed by atoms with Gasteiger partial charge in [-0.1, -0.05) is 12.1 Å².